The Bertz CT molecular complexity index is 316. The Balaban J connectivity index is 3.00. The second-order valence-corrected chi connectivity index (χ2v) is 3.39. The first-order valence-corrected chi connectivity index (χ1v) is 4.18. The standard InChI is InChI=1S/C7H4Cl2FNS/c8-6-4(10)2-1-3-5(6)11-7(9)12/h1-3H,(H,11,12). The number of anilines is 1. The van der Waals surface area contributed by atoms with Crippen LogP contribution in [0, 0.1) is 5.82 Å². The van der Waals surface area contributed by atoms with Gasteiger partial charge in [-0.1, -0.05) is 29.3 Å². The third kappa shape index (κ3) is 2.30. The highest BCUT2D eigenvalue weighted by Crippen LogP contribution is 2.24. The Labute approximate surface area is 84.5 Å². The minimum absolute atomic E-state index is 0.0134. The van der Waals surface area contributed by atoms with E-state index in [9.17, 15) is 4.39 Å². The minimum Gasteiger partial charge on any atom is -0.336 e. The first-order chi connectivity index (χ1) is 5.61. The number of hydrogen-bond donors (Lipinski definition) is 1. The number of halogens is 3. The van der Waals surface area contributed by atoms with Crippen molar-refractivity contribution in [2.24, 2.45) is 0 Å². The highest BCUT2D eigenvalue weighted by atomic mass is 35.5. The molecule has 0 aliphatic rings. The van der Waals surface area contributed by atoms with Gasteiger partial charge in [-0.15, -0.1) is 0 Å². The van der Waals surface area contributed by atoms with Crippen LogP contribution in [0.4, 0.5) is 10.1 Å². The van der Waals surface area contributed by atoms with E-state index in [1.54, 1.807) is 6.07 Å². The van der Waals surface area contributed by atoms with Crippen LogP contribution < -0.4 is 5.32 Å². The highest BCUT2D eigenvalue weighted by Gasteiger charge is 2.04. The van der Waals surface area contributed by atoms with Crippen LogP contribution in [0.5, 0.6) is 0 Å². The molecule has 12 heavy (non-hydrogen) atoms. The van der Waals surface area contributed by atoms with Gasteiger partial charge in [-0.05, 0) is 24.4 Å². The van der Waals surface area contributed by atoms with E-state index in [1.807, 2.05) is 0 Å². The first kappa shape index (κ1) is 9.71. The van der Waals surface area contributed by atoms with Crippen LogP contribution in [0.15, 0.2) is 18.2 Å². The van der Waals surface area contributed by atoms with Crippen LogP contribution in [-0.4, -0.2) is 4.45 Å². The number of benzene rings is 1. The van der Waals surface area contributed by atoms with Gasteiger partial charge in [0.25, 0.3) is 0 Å². The van der Waals surface area contributed by atoms with Crippen LogP contribution in [0.1, 0.15) is 0 Å². The predicted octanol–water partition coefficient (Wildman–Crippen LogP) is 3.41. The van der Waals surface area contributed by atoms with Crippen LogP contribution in [-0.2, 0) is 0 Å². The molecule has 0 aliphatic carbocycles. The second-order valence-electron chi connectivity index (χ2n) is 2.00. The molecule has 5 heteroatoms. The predicted molar refractivity (Wildman–Crippen MR) is 53.5 cm³/mol. The first-order valence-electron chi connectivity index (χ1n) is 3.02. The Morgan fingerprint density at radius 3 is 2.75 bits per heavy atom. The molecule has 0 radical (unpaired) electrons. The van der Waals surface area contributed by atoms with Gasteiger partial charge in [-0.3, -0.25) is 0 Å². The van der Waals surface area contributed by atoms with E-state index in [0.717, 1.165) is 0 Å². The maximum atomic E-state index is 12.8. The SMILES string of the molecule is Fc1cccc(NC(=S)Cl)c1Cl. The van der Waals surface area contributed by atoms with E-state index >= 15 is 0 Å². The molecule has 0 fully saturated rings. The molecule has 1 aromatic carbocycles. The molecule has 0 saturated heterocycles. The van der Waals surface area contributed by atoms with E-state index in [1.165, 1.54) is 12.1 Å². The third-order valence-electron chi connectivity index (χ3n) is 1.18. The Kier molecular flexibility index (Phi) is 3.26. The molecule has 0 spiro atoms. The monoisotopic (exact) mass is 223 g/mol. The molecule has 0 heterocycles. The van der Waals surface area contributed by atoms with Crippen molar-refractivity contribution in [2.45, 2.75) is 0 Å². The lowest BCUT2D eigenvalue weighted by Gasteiger charge is -2.04. The molecule has 0 saturated carbocycles. The molecule has 0 amide bonds. The van der Waals surface area contributed by atoms with Crippen LogP contribution in [0.25, 0.3) is 0 Å². The maximum absolute atomic E-state index is 12.8. The minimum atomic E-state index is -0.505. The van der Waals surface area contributed by atoms with Gasteiger partial charge in [0.15, 0.2) is 4.45 Å². The average Bonchev–Trinajstić information content (AvgIpc) is 1.98. The summed E-state index contributed by atoms with van der Waals surface area (Å²) in [6.45, 7) is 0. The van der Waals surface area contributed by atoms with Crippen molar-refractivity contribution in [3.05, 3.63) is 29.0 Å². The molecule has 0 unspecified atom stereocenters. The summed E-state index contributed by atoms with van der Waals surface area (Å²) in [4.78, 5) is 0. The fourth-order valence-electron chi connectivity index (χ4n) is 0.706. The van der Waals surface area contributed by atoms with Gasteiger partial charge in [0.05, 0.1) is 10.7 Å². The van der Waals surface area contributed by atoms with Crippen molar-refractivity contribution >= 4 is 45.6 Å². The van der Waals surface area contributed by atoms with Crippen molar-refractivity contribution < 1.29 is 4.39 Å². The van der Waals surface area contributed by atoms with Crippen molar-refractivity contribution in [3.63, 3.8) is 0 Å². The van der Waals surface area contributed by atoms with Crippen molar-refractivity contribution in [1.82, 2.24) is 0 Å². The van der Waals surface area contributed by atoms with Crippen molar-refractivity contribution in [1.29, 1.82) is 0 Å². The fourth-order valence-corrected chi connectivity index (χ4v) is 1.09. The average molecular weight is 224 g/mol. The van der Waals surface area contributed by atoms with Gasteiger partial charge in [0, 0.05) is 0 Å². The largest absolute Gasteiger partial charge is 0.336 e. The van der Waals surface area contributed by atoms with Crippen LogP contribution in [0.2, 0.25) is 5.02 Å². The Hall–Kier alpha value is -0.380. The van der Waals surface area contributed by atoms with Crippen molar-refractivity contribution in [2.75, 3.05) is 5.32 Å². The topological polar surface area (TPSA) is 12.0 Å². The normalized spacial score (nSPS) is 9.58. The van der Waals surface area contributed by atoms with Gasteiger partial charge in [0.1, 0.15) is 5.82 Å². The zero-order valence-electron chi connectivity index (χ0n) is 5.77. The summed E-state index contributed by atoms with van der Waals surface area (Å²) in [7, 11) is 0. The molecular formula is C7H4Cl2FNS. The molecule has 1 N–H and O–H groups in total. The third-order valence-corrected chi connectivity index (χ3v) is 1.77. The molecule has 0 atom stereocenters. The number of nitrogens with one attached hydrogen (secondary N) is 1. The van der Waals surface area contributed by atoms with Crippen LogP contribution >= 0.6 is 35.4 Å². The molecule has 1 nitrogen and oxygen atoms in total. The second kappa shape index (κ2) is 4.03. The van der Waals surface area contributed by atoms with Gasteiger partial charge < -0.3 is 5.32 Å². The van der Waals surface area contributed by atoms with Gasteiger partial charge in [-0.25, -0.2) is 4.39 Å². The molecular weight excluding hydrogens is 220 g/mol. The van der Waals surface area contributed by atoms with E-state index in [2.05, 4.69) is 17.5 Å². The van der Waals surface area contributed by atoms with Gasteiger partial charge in [0.2, 0.25) is 0 Å². The summed E-state index contributed by atoms with van der Waals surface area (Å²) in [6.07, 6.45) is 0. The lowest BCUT2D eigenvalue weighted by molar-refractivity contribution is 0.629. The van der Waals surface area contributed by atoms with Gasteiger partial charge >= 0.3 is 0 Å². The zero-order chi connectivity index (χ0) is 9.14. The summed E-state index contributed by atoms with van der Waals surface area (Å²) in [5.74, 6) is -0.505. The van der Waals surface area contributed by atoms with Crippen LogP contribution in [0.3, 0.4) is 0 Å². The van der Waals surface area contributed by atoms with E-state index in [-0.39, 0.29) is 9.47 Å². The van der Waals surface area contributed by atoms with Crippen molar-refractivity contribution in [3.8, 4) is 0 Å². The van der Waals surface area contributed by atoms with E-state index in [4.69, 9.17) is 23.2 Å². The molecule has 64 valence electrons. The van der Waals surface area contributed by atoms with E-state index in [0.29, 0.717) is 5.69 Å². The molecule has 0 aromatic heterocycles. The number of hydrogen-bond acceptors (Lipinski definition) is 1. The molecule has 0 aliphatic heterocycles. The fraction of sp³-hybridized carbons (Fsp3) is 0. The Morgan fingerprint density at radius 1 is 1.50 bits per heavy atom. The summed E-state index contributed by atoms with van der Waals surface area (Å²) < 4.78 is 12.8. The molecule has 1 rings (SSSR count). The molecule has 1 aromatic rings. The maximum Gasteiger partial charge on any atom is 0.171 e. The van der Waals surface area contributed by atoms with E-state index < -0.39 is 5.82 Å². The summed E-state index contributed by atoms with van der Waals surface area (Å²) in [5.41, 5.74) is 0.372. The molecule has 0 bridgehead atoms. The van der Waals surface area contributed by atoms with Gasteiger partial charge in [-0.2, -0.15) is 0 Å². The number of rotatable bonds is 1. The highest BCUT2D eigenvalue weighted by molar-refractivity contribution is 7.83. The summed E-state index contributed by atoms with van der Waals surface area (Å²) in [5, 5.41) is 2.53. The lowest BCUT2D eigenvalue weighted by Crippen LogP contribution is -2.01. The summed E-state index contributed by atoms with van der Waals surface area (Å²) >= 11 is 15.5. The smallest absolute Gasteiger partial charge is 0.171 e. The zero-order valence-corrected chi connectivity index (χ0v) is 8.10. The Morgan fingerprint density at radius 2 is 2.17 bits per heavy atom. The number of thiocarbonyl (C=S) groups is 1. The lowest BCUT2D eigenvalue weighted by atomic mass is 10.3. The summed E-state index contributed by atoms with van der Waals surface area (Å²) in [6, 6.07) is 4.35. The quantitative estimate of drug-likeness (QED) is 0.445.